The zero-order chi connectivity index (χ0) is 16.6. The average molecular weight is 317 g/mol. The summed E-state index contributed by atoms with van der Waals surface area (Å²) in [6, 6.07) is 0. The molecule has 1 saturated carbocycles. The summed E-state index contributed by atoms with van der Waals surface area (Å²) in [5, 5.41) is 9.64. The number of rotatable bonds is 5. The average Bonchev–Trinajstić information content (AvgIpc) is 3.21. The summed E-state index contributed by atoms with van der Waals surface area (Å²) in [5.41, 5.74) is 1.87. The van der Waals surface area contributed by atoms with Gasteiger partial charge in [-0.15, -0.1) is 0 Å². The molecule has 0 aromatic carbocycles. The van der Waals surface area contributed by atoms with Crippen molar-refractivity contribution in [1.82, 2.24) is 9.97 Å². The van der Waals surface area contributed by atoms with E-state index in [1.54, 1.807) is 6.08 Å². The van der Waals surface area contributed by atoms with Crippen LogP contribution in [0.2, 0.25) is 0 Å². The van der Waals surface area contributed by atoms with Crippen molar-refractivity contribution < 1.29 is 9.50 Å². The number of halogens is 1. The number of allylic oxidation sites excluding steroid dienone is 4. The van der Waals surface area contributed by atoms with Crippen molar-refractivity contribution in [3.05, 3.63) is 41.8 Å². The Morgan fingerprint density at radius 2 is 2.22 bits per heavy atom. The van der Waals surface area contributed by atoms with E-state index in [-0.39, 0.29) is 29.7 Å². The number of aliphatic hydroxyl groups excluding tert-OH is 1. The summed E-state index contributed by atoms with van der Waals surface area (Å²) >= 11 is 0. The third-order valence-electron chi connectivity index (χ3n) is 5.29. The van der Waals surface area contributed by atoms with Crippen LogP contribution in [0.15, 0.2) is 30.3 Å². The maximum absolute atomic E-state index is 13.7. The predicted octanol–water partition coefficient (Wildman–Crippen LogP) is 2.96. The molecule has 2 aliphatic rings. The van der Waals surface area contributed by atoms with Gasteiger partial charge in [-0.05, 0) is 43.6 Å². The van der Waals surface area contributed by atoms with Crippen LogP contribution in [0.1, 0.15) is 24.4 Å². The van der Waals surface area contributed by atoms with Gasteiger partial charge in [0.1, 0.15) is 11.7 Å². The summed E-state index contributed by atoms with van der Waals surface area (Å²) in [6.07, 6.45) is 8.64. The van der Waals surface area contributed by atoms with Crippen LogP contribution in [0.4, 0.5) is 10.1 Å². The van der Waals surface area contributed by atoms with Gasteiger partial charge in [-0.25, -0.2) is 14.4 Å². The van der Waals surface area contributed by atoms with Crippen LogP contribution in [0.3, 0.4) is 0 Å². The quantitative estimate of drug-likeness (QED) is 0.907. The lowest BCUT2D eigenvalue weighted by molar-refractivity contribution is 0.224. The number of hydrogen-bond acceptors (Lipinski definition) is 4. The Morgan fingerprint density at radius 3 is 2.83 bits per heavy atom. The third-order valence-corrected chi connectivity index (χ3v) is 5.29. The van der Waals surface area contributed by atoms with Crippen LogP contribution in [0, 0.1) is 31.1 Å². The van der Waals surface area contributed by atoms with Gasteiger partial charge in [-0.2, -0.15) is 0 Å². The molecular formula is C18H24FN3O. The summed E-state index contributed by atoms with van der Waals surface area (Å²) in [7, 11) is 2.02. The third kappa shape index (κ3) is 3.02. The number of anilines is 1. The van der Waals surface area contributed by atoms with E-state index in [1.165, 1.54) is 6.08 Å². The van der Waals surface area contributed by atoms with Gasteiger partial charge in [0.15, 0.2) is 0 Å². The minimum Gasteiger partial charge on any atom is -0.396 e. The first-order valence-electron chi connectivity index (χ1n) is 8.11. The molecule has 23 heavy (non-hydrogen) atoms. The number of aliphatic hydroxyl groups is 1. The molecule has 0 spiro atoms. The number of aromatic nitrogens is 2. The van der Waals surface area contributed by atoms with Gasteiger partial charge in [0, 0.05) is 26.6 Å². The van der Waals surface area contributed by atoms with E-state index in [2.05, 4.69) is 20.9 Å². The second-order valence-electron chi connectivity index (χ2n) is 6.87. The van der Waals surface area contributed by atoms with E-state index in [4.69, 9.17) is 0 Å². The summed E-state index contributed by atoms with van der Waals surface area (Å²) in [4.78, 5) is 10.9. The molecule has 0 amide bonds. The second kappa shape index (κ2) is 6.04. The van der Waals surface area contributed by atoms with Crippen LogP contribution < -0.4 is 4.90 Å². The lowest BCUT2D eigenvalue weighted by Gasteiger charge is -2.32. The van der Waals surface area contributed by atoms with Gasteiger partial charge in [0.2, 0.25) is 0 Å². The fourth-order valence-corrected chi connectivity index (χ4v) is 3.92. The Bertz CT molecular complexity index is 658. The van der Waals surface area contributed by atoms with Crippen molar-refractivity contribution in [2.24, 2.45) is 17.3 Å². The van der Waals surface area contributed by atoms with Crippen LogP contribution in [-0.4, -0.2) is 35.3 Å². The van der Waals surface area contributed by atoms with E-state index in [0.29, 0.717) is 6.42 Å². The van der Waals surface area contributed by atoms with Crippen molar-refractivity contribution in [1.29, 1.82) is 0 Å². The molecule has 1 N–H and O–H groups in total. The molecule has 4 nitrogen and oxygen atoms in total. The molecule has 0 radical (unpaired) electrons. The van der Waals surface area contributed by atoms with Crippen LogP contribution in [0.5, 0.6) is 0 Å². The molecule has 0 saturated heterocycles. The van der Waals surface area contributed by atoms with Crippen LogP contribution >= 0.6 is 0 Å². The van der Waals surface area contributed by atoms with E-state index < -0.39 is 0 Å². The van der Waals surface area contributed by atoms with Crippen LogP contribution in [0.25, 0.3) is 0 Å². The topological polar surface area (TPSA) is 49.2 Å². The Hall–Kier alpha value is -1.75. The van der Waals surface area contributed by atoms with Crippen molar-refractivity contribution in [2.45, 2.75) is 26.7 Å². The fourth-order valence-electron chi connectivity index (χ4n) is 3.92. The standard InChI is InChI=1S/C18H24FN3O/c1-12-17(9-20-13(2)21-12)22(3)11-18(8-15(18)10-23)14-5-4-6-16(19)7-14/h4-6,9,14-15,23H,7-8,10-11H2,1-3H3/t14?,15-,18+/m0/s1. The minimum atomic E-state index is -0.0713. The first kappa shape index (κ1) is 16.1. The number of aryl methyl sites for hydroxylation is 2. The van der Waals surface area contributed by atoms with Gasteiger partial charge in [0.05, 0.1) is 17.6 Å². The molecule has 3 rings (SSSR count). The van der Waals surface area contributed by atoms with E-state index in [1.807, 2.05) is 27.1 Å². The SMILES string of the molecule is Cc1ncc(N(C)C[C@@]2(C3C=CC=C(F)C3)C[C@H]2CO)c(C)n1. The van der Waals surface area contributed by atoms with E-state index in [0.717, 1.165) is 30.2 Å². The molecule has 1 aromatic rings. The maximum atomic E-state index is 13.7. The van der Waals surface area contributed by atoms with Gasteiger partial charge >= 0.3 is 0 Å². The fraction of sp³-hybridized carbons (Fsp3) is 0.556. The zero-order valence-corrected chi connectivity index (χ0v) is 14.0. The Balaban J connectivity index is 1.80. The molecule has 0 bridgehead atoms. The molecule has 0 aliphatic heterocycles. The molecule has 124 valence electrons. The highest BCUT2D eigenvalue weighted by atomic mass is 19.1. The maximum Gasteiger partial charge on any atom is 0.125 e. The molecule has 3 atom stereocenters. The summed E-state index contributed by atoms with van der Waals surface area (Å²) in [6.45, 7) is 4.79. The van der Waals surface area contributed by atoms with Gasteiger partial charge in [-0.3, -0.25) is 0 Å². The van der Waals surface area contributed by atoms with Gasteiger partial charge < -0.3 is 10.0 Å². The molecule has 1 heterocycles. The molecule has 5 heteroatoms. The molecule has 1 unspecified atom stereocenters. The van der Waals surface area contributed by atoms with Gasteiger partial charge in [-0.1, -0.05) is 12.2 Å². The monoisotopic (exact) mass is 317 g/mol. The van der Waals surface area contributed by atoms with Gasteiger partial charge in [0.25, 0.3) is 0 Å². The lowest BCUT2D eigenvalue weighted by atomic mass is 9.81. The Labute approximate surface area is 136 Å². The van der Waals surface area contributed by atoms with E-state index >= 15 is 0 Å². The first-order valence-corrected chi connectivity index (χ1v) is 8.11. The van der Waals surface area contributed by atoms with Crippen molar-refractivity contribution in [3.8, 4) is 0 Å². The number of nitrogens with zero attached hydrogens (tertiary/aromatic N) is 3. The summed E-state index contributed by atoms with van der Waals surface area (Å²) < 4.78 is 13.7. The lowest BCUT2D eigenvalue weighted by Crippen LogP contribution is -2.34. The van der Waals surface area contributed by atoms with E-state index in [9.17, 15) is 9.50 Å². The Kier molecular flexibility index (Phi) is 4.23. The van der Waals surface area contributed by atoms with Crippen LogP contribution in [-0.2, 0) is 0 Å². The number of hydrogen-bond donors (Lipinski definition) is 1. The minimum absolute atomic E-state index is 0.0665. The highest BCUT2D eigenvalue weighted by Gasteiger charge is 2.58. The second-order valence-corrected chi connectivity index (χ2v) is 6.87. The normalized spacial score (nSPS) is 29.3. The molecule has 1 aromatic heterocycles. The zero-order valence-electron chi connectivity index (χ0n) is 14.0. The summed E-state index contributed by atoms with van der Waals surface area (Å²) in [5.74, 6) is 1.06. The smallest absolute Gasteiger partial charge is 0.125 e. The van der Waals surface area contributed by atoms with Crippen molar-refractivity contribution >= 4 is 5.69 Å². The highest BCUT2D eigenvalue weighted by molar-refractivity contribution is 5.48. The molecule has 2 aliphatic carbocycles. The molecular weight excluding hydrogens is 293 g/mol. The Morgan fingerprint density at radius 1 is 1.43 bits per heavy atom. The first-order chi connectivity index (χ1) is 11.0. The predicted molar refractivity (Wildman–Crippen MR) is 88.8 cm³/mol. The molecule has 1 fully saturated rings. The largest absolute Gasteiger partial charge is 0.396 e. The van der Waals surface area contributed by atoms with Crippen molar-refractivity contribution in [3.63, 3.8) is 0 Å². The highest BCUT2D eigenvalue weighted by Crippen LogP contribution is 2.60. The van der Waals surface area contributed by atoms with Crippen molar-refractivity contribution in [2.75, 3.05) is 25.1 Å².